The molecule has 2 amide bonds. The molecule has 12 heteroatoms. The number of nitrogens with one attached hydrogen (secondary N) is 2. The lowest BCUT2D eigenvalue weighted by molar-refractivity contribution is -0.186. The number of rotatable bonds is 8. The number of urea groups is 1. The van der Waals surface area contributed by atoms with Crippen molar-refractivity contribution in [1.29, 1.82) is 0 Å². The summed E-state index contributed by atoms with van der Waals surface area (Å²) in [5, 5.41) is 61.2. The third-order valence-electron chi connectivity index (χ3n) is 8.00. The first-order valence-corrected chi connectivity index (χ1v) is 12.9. The number of aromatic hydroxyl groups is 1. The second kappa shape index (κ2) is 11.2. The Labute approximate surface area is 233 Å². The summed E-state index contributed by atoms with van der Waals surface area (Å²) in [5.74, 6) is -1.29. The molecule has 0 saturated heterocycles. The van der Waals surface area contributed by atoms with Crippen LogP contribution >= 0.6 is 0 Å². The SMILES string of the molecule is Cc1cccc(O)c1C(=O)OC[C@@]1(O)[C@@H](Nc2cccc(C(C)O)c2)[C@H](N)[C@@](NC(=O)N(C)C)([C@H](C)O)[C@@]1(C)O. The summed E-state index contributed by atoms with van der Waals surface area (Å²) in [6, 6.07) is 7.73. The van der Waals surface area contributed by atoms with Crippen molar-refractivity contribution in [2.75, 3.05) is 26.0 Å². The van der Waals surface area contributed by atoms with Gasteiger partial charge in [0.2, 0.25) is 0 Å². The van der Waals surface area contributed by atoms with E-state index in [0.717, 1.165) is 0 Å². The summed E-state index contributed by atoms with van der Waals surface area (Å²) in [7, 11) is 2.92. The molecular formula is C28H40N4O8. The van der Waals surface area contributed by atoms with E-state index in [1.165, 1.54) is 38.9 Å². The molecule has 1 saturated carbocycles. The van der Waals surface area contributed by atoms with Crippen molar-refractivity contribution < 1.29 is 39.9 Å². The molecule has 0 aromatic heterocycles. The number of aliphatic hydroxyl groups is 4. The molecule has 2 aromatic carbocycles. The van der Waals surface area contributed by atoms with Crippen molar-refractivity contribution in [2.24, 2.45) is 5.73 Å². The van der Waals surface area contributed by atoms with Gasteiger partial charge >= 0.3 is 12.0 Å². The van der Waals surface area contributed by atoms with E-state index in [-0.39, 0.29) is 11.3 Å². The van der Waals surface area contributed by atoms with Crippen LogP contribution in [0.15, 0.2) is 42.5 Å². The zero-order valence-corrected chi connectivity index (χ0v) is 23.5. The van der Waals surface area contributed by atoms with Crippen molar-refractivity contribution in [3.05, 3.63) is 59.2 Å². The standard InChI is InChI=1S/C28H40N4O8/c1-15-9-7-12-20(35)21(15)24(36)40-14-27(39)23(30-19-11-8-10-18(13-19)16(2)33)22(29)28(17(3)34,26(27,4)38)31-25(37)32(5)6/h7-13,16-17,22-23,30,33-35,38-39H,14,29H2,1-6H3,(H,31,37)/t16?,17-,22-,23-,26-,27+,28-/m0/s1. The molecule has 0 bridgehead atoms. The molecule has 0 heterocycles. The van der Waals surface area contributed by atoms with E-state index in [2.05, 4.69) is 10.6 Å². The molecule has 40 heavy (non-hydrogen) atoms. The minimum atomic E-state index is -2.40. The molecule has 7 atom stereocenters. The highest BCUT2D eigenvalue weighted by molar-refractivity contribution is 5.94. The van der Waals surface area contributed by atoms with E-state index in [0.29, 0.717) is 16.8 Å². The Hall–Kier alpha value is -3.42. The summed E-state index contributed by atoms with van der Waals surface area (Å²) in [6.07, 6.45) is -2.31. The van der Waals surface area contributed by atoms with Gasteiger partial charge in [-0.3, -0.25) is 0 Å². The number of benzene rings is 2. The predicted molar refractivity (Wildman–Crippen MR) is 148 cm³/mol. The topological polar surface area (TPSA) is 198 Å². The number of hydrogen-bond acceptors (Lipinski definition) is 10. The highest BCUT2D eigenvalue weighted by Gasteiger charge is 2.76. The van der Waals surface area contributed by atoms with Gasteiger partial charge in [-0.2, -0.15) is 0 Å². The predicted octanol–water partition coefficient (Wildman–Crippen LogP) is 0.605. The first kappa shape index (κ1) is 31.1. The van der Waals surface area contributed by atoms with Gasteiger partial charge in [0.1, 0.15) is 29.1 Å². The quantitative estimate of drug-likeness (QED) is 0.212. The third-order valence-corrected chi connectivity index (χ3v) is 8.00. The van der Waals surface area contributed by atoms with E-state index in [1.807, 2.05) is 0 Å². The van der Waals surface area contributed by atoms with Gasteiger partial charge in [0, 0.05) is 19.8 Å². The second-order valence-electron chi connectivity index (χ2n) is 10.9. The van der Waals surface area contributed by atoms with E-state index in [9.17, 15) is 35.1 Å². The van der Waals surface area contributed by atoms with Crippen LogP contribution in [0.1, 0.15) is 48.4 Å². The van der Waals surface area contributed by atoms with Crippen molar-refractivity contribution in [1.82, 2.24) is 10.2 Å². The van der Waals surface area contributed by atoms with Crippen LogP contribution in [0.25, 0.3) is 0 Å². The summed E-state index contributed by atoms with van der Waals surface area (Å²) in [6.45, 7) is 4.86. The number of nitrogens with zero attached hydrogens (tertiary/aromatic N) is 1. The number of ether oxygens (including phenoxy) is 1. The summed E-state index contributed by atoms with van der Waals surface area (Å²) in [5.41, 5.74) is 1.08. The number of carbonyl (C=O) groups is 2. The fraction of sp³-hybridized carbons (Fsp3) is 0.500. The Morgan fingerprint density at radius 3 is 2.30 bits per heavy atom. The molecule has 1 fully saturated rings. The maximum atomic E-state index is 13.0. The normalized spacial score (nSPS) is 29.4. The number of anilines is 1. The Kier molecular flexibility index (Phi) is 8.73. The van der Waals surface area contributed by atoms with Gasteiger partial charge in [-0.25, -0.2) is 9.59 Å². The monoisotopic (exact) mass is 560 g/mol. The van der Waals surface area contributed by atoms with Crippen LogP contribution in [0.2, 0.25) is 0 Å². The molecule has 1 aliphatic carbocycles. The number of carbonyl (C=O) groups excluding carboxylic acids is 2. The average molecular weight is 561 g/mol. The van der Waals surface area contributed by atoms with Crippen LogP contribution in [0, 0.1) is 6.92 Å². The highest BCUT2D eigenvalue weighted by Crippen LogP contribution is 2.49. The van der Waals surface area contributed by atoms with E-state index < -0.39 is 59.6 Å². The number of nitrogens with two attached hydrogens (primary N) is 1. The molecule has 220 valence electrons. The van der Waals surface area contributed by atoms with Crippen LogP contribution < -0.4 is 16.4 Å². The Balaban J connectivity index is 2.12. The van der Waals surface area contributed by atoms with E-state index >= 15 is 0 Å². The first-order chi connectivity index (χ1) is 18.5. The number of amides is 2. The van der Waals surface area contributed by atoms with E-state index in [1.54, 1.807) is 50.2 Å². The van der Waals surface area contributed by atoms with Crippen molar-refractivity contribution >= 4 is 17.7 Å². The molecule has 0 radical (unpaired) electrons. The van der Waals surface area contributed by atoms with Crippen molar-refractivity contribution in [3.8, 4) is 5.75 Å². The van der Waals surface area contributed by atoms with Crippen LogP contribution in [0.5, 0.6) is 5.75 Å². The molecule has 12 nitrogen and oxygen atoms in total. The Bertz CT molecular complexity index is 1230. The molecule has 0 aliphatic heterocycles. The van der Waals surface area contributed by atoms with Crippen LogP contribution in [0.3, 0.4) is 0 Å². The maximum Gasteiger partial charge on any atom is 0.342 e. The number of phenolic OH excluding ortho intramolecular Hbond substituents is 1. The first-order valence-electron chi connectivity index (χ1n) is 12.9. The number of hydrogen-bond donors (Lipinski definition) is 8. The van der Waals surface area contributed by atoms with Gasteiger partial charge in [0.15, 0.2) is 5.60 Å². The molecular weight excluding hydrogens is 520 g/mol. The number of phenols is 1. The van der Waals surface area contributed by atoms with Gasteiger partial charge in [-0.1, -0.05) is 24.3 Å². The van der Waals surface area contributed by atoms with Gasteiger partial charge < -0.3 is 51.5 Å². The molecule has 2 aromatic rings. The minimum absolute atomic E-state index is 0.120. The molecule has 9 N–H and O–H groups in total. The summed E-state index contributed by atoms with van der Waals surface area (Å²) < 4.78 is 5.47. The van der Waals surface area contributed by atoms with Crippen LogP contribution in [0.4, 0.5) is 10.5 Å². The van der Waals surface area contributed by atoms with Gasteiger partial charge in [0.25, 0.3) is 0 Å². The molecule has 3 rings (SSSR count). The Morgan fingerprint density at radius 2 is 1.75 bits per heavy atom. The lowest BCUT2D eigenvalue weighted by Gasteiger charge is -2.48. The third kappa shape index (κ3) is 5.08. The average Bonchev–Trinajstić information content (AvgIpc) is 2.99. The van der Waals surface area contributed by atoms with Crippen LogP contribution in [-0.2, 0) is 4.74 Å². The fourth-order valence-corrected chi connectivity index (χ4v) is 5.50. The van der Waals surface area contributed by atoms with Gasteiger partial charge in [0.05, 0.1) is 24.3 Å². The fourth-order valence-electron chi connectivity index (χ4n) is 5.50. The molecule has 1 unspecified atom stereocenters. The number of aliphatic hydroxyl groups excluding tert-OH is 2. The zero-order chi connectivity index (χ0) is 30.2. The molecule has 1 aliphatic rings. The van der Waals surface area contributed by atoms with Gasteiger partial charge in [-0.05, 0) is 57.0 Å². The lowest BCUT2D eigenvalue weighted by Crippen LogP contribution is -2.76. The maximum absolute atomic E-state index is 13.0. The highest BCUT2D eigenvalue weighted by atomic mass is 16.5. The lowest BCUT2D eigenvalue weighted by atomic mass is 9.73. The number of aryl methyl sites for hydroxylation is 1. The smallest absolute Gasteiger partial charge is 0.342 e. The van der Waals surface area contributed by atoms with Gasteiger partial charge in [-0.15, -0.1) is 0 Å². The van der Waals surface area contributed by atoms with Crippen molar-refractivity contribution in [3.63, 3.8) is 0 Å². The number of esters is 1. The zero-order valence-electron chi connectivity index (χ0n) is 23.5. The van der Waals surface area contributed by atoms with Crippen LogP contribution in [-0.4, -0.2) is 98.1 Å². The summed E-state index contributed by atoms with van der Waals surface area (Å²) in [4.78, 5) is 27.1. The Morgan fingerprint density at radius 1 is 1.12 bits per heavy atom. The minimum Gasteiger partial charge on any atom is -0.507 e. The van der Waals surface area contributed by atoms with Crippen molar-refractivity contribution in [2.45, 2.75) is 68.7 Å². The molecule has 0 spiro atoms. The van der Waals surface area contributed by atoms with E-state index in [4.69, 9.17) is 10.5 Å². The largest absolute Gasteiger partial charge is 0.507 e. The second-order valence-corrected chi connectivity index (χ2v) is 10.9. The summed E-state index contributed by atoms with van der Waals surface area (Å²) >= 11 is 0.